The Bertz CT molecular complexity index is 611. The number of aliphatic hydroxyl groups excluding tert-OH is 1. The molecule has 1 heterocycles. The summed E-state index contributed by atoms with van der Waals surface area (Å²) in [5.41, 5.74) is 3.90. The van der Waals surface area contributed by atoms with Crippen LogP contribution in [0.25, 0.3) is 0 Å². The van der Waals surface area contributed by atoms with E-state index in [1.807, 2.05) is 0 Å². The van der Waals surface area contributed by atoms with Crippen LogP contribution in [0, 0.1) is 28.6 Å². The fraction of sp³-hybridized carbons (Fsp3) is 0.913. The second-order valence-corrected chi connectivity index (χ2v) is 11.0. The molecule has 0 aromatic carbocycles. The maximum Gasteiger partial charge on any atom is 0.169 e. The van der Waals surface area contributed by atoms with Crippen LogP contribution < -0.4 is 0 Å². The monoisotopic (exact) mass is 360 g/mol. The third kappa shape index (κ3) is 2.57. The van der Waals surface area contributed by atoms with Crippen molar-refractivity contribution in [2.75, 3.05) is 13.2 Å². The van der Waals surface area contributed by atoms with Crippen molar-refractivity contribution in [2.24, 2.45) is 28.6 Å². The molecule has 4 fully saturated rings. The van der Waals surface area contributed by atoms with E-state index < -0.39 is 0 Å². The molecule has 0 bridgehead atoms. The van der Waals surface area contributed by atoms with Gasteiger partial charge < -0.3 is 14.6 Å². The highest BCUT2D eigenvalue weighted by Crippen LogP contribution is 2.61. The van der Waals surface area contributed by atoms with Crippen LogP contribution in [0.2, 0.25) is 0 Å². The highest BCUT2D eigenvalue weighted by Gasteiger charge is 2.55. The SMILES string of the molecule is CC1(C)COC2(CCC3=C4CCC5(C)C(O)CCC5C4CCC3C2)OC1. The summed E-state index contributed by atoms with van der Waals surface area (Å²) in [6.07, 6.45) is 10.5. The first kappa shape index (κ1) is 17.7. The van der Waals surface area contributed by atoms with Gasteiger partial charge >= 0.3 is 0 Å². The van der Waals surface area contributed by atoms with Gasteiger partial charge in [-0.05, 0) is 68.1 Å². The molecule has 0 amide bonds. The highest BCUT2D eigenvalue weighted by atomic mass is 16.7. The molecule has 5 aliphatic rings. The normalized spacial score (nSPS) is 46.6. The zero-order valence-electron chi connectivity index (χ0n) is 16.9. The van der Waals surface area contributed by atoms with Crippen molar-refractivity contribution in [3.8, 4) is 0 Å². The third-order valence-corrected chi connectivity index (χ3v) is 8.74. The topological polar surface area (TPSA) is 38.7 Å². The van der Waals surface area contributed by atoms with Gasteiger partial charge in [-0.2, -0.15) is 0 Å². The zero-order chi connectivity index (χ0) is 18.2. The van der Waals surface area contributed by atoms with E-state index in [-0.39, 0.29) is 22.7 Å². The van der Waals surface area contributed by atoms with Gasteiger partial charge in [0.1, 0.15) is 0 Å². The van der Waals surface area contributed by atoms with E-state index in [2.05, 4.69) is 20.8 Å². The number of hydrogen-bond acceptors (Lipinski definition) is 3. The van der Waals surface area contributed by atoms with Gasteiger partial charge in [-0.3, -0.25) is 0 Å². The fourth-order valence-corrected chi connectivity index (χ4v) is 7.07. The van der Waals surface area contributed by atoms with Crippen molar-refractivity contribution < 1.29 is 14.6 Å². The van der Waals surface area contributed by atoms with Gasteiger partial charge in [0, 0.05) is 18.3 Å². The van der Waals surface area contributed by atoms with E-state index >= 15 is 0 Å². The number of aliphatic hydroxyl groups is 1. The largest absolute Gasteiger partial charge is 0.393 e. The average Bonchev–Trinajstić information content (AvgIpc) is 2.93. The van der Waals surface area contributed by atoms with E-state index in [4.69, 9.17) is 9.47 Å². The Morgan fingerprint density at radius 2 is 1.62 bits per heavy atom. The maximum atomic E-state index is 10.6. The van der Waals surface area contributed by atoms with Crippen molar-refractivity contribution in [3.63, 3.8) is 0 Å². The molecule has 3 heteroatoms. The number of rotatable bonds is 0. The summed E-state index contributed by atoms with van der Waals surface area (Å²) in [7, 11) is 0. The van der Waals surface area contributed by atoms with Crippen LogP contribution in [0.4, 0.5) is 0 Å². The molecule has 3 saturated carbocycles. The summed E-state index contributed by atoms with van der Waals surface area (Å²) < 4.78 is 12.7. The van der Waals surface area contributed by atoms with Crippen LogP contribution in [-0.2, 0) is 9.47 Å². The summed E-state index contributed by atoms with van der Waals surface area (Å²) >= 11 is 0. The van der Waals surface area contributed by atoms with Gasteiger partial charge in [-0.25, -0.2) is 0 Å². The van der Waals surface area contributed by atoms with Gasteiger partial charge in [-0.15, -0.1) is 0 Å². The van der Waals surface area contributed by atoms with Gasteiger partial charge in [-0.1, -0.05) is 31.9 Å². The van der Waals surface area contributed by atoms with E-state index in [9.17, 15) is 5.11 Å². The summed E-state index contributed by atoms with van der Waals surface area (Å²) in [6.45, 7) is 8.48. The lowest BCUT2D eigenvalue weighted by atomic mass is 9.56. The second-order valence-electron chi connectivity index (χ2n) is 11.0. The number of ether oxygens (including phenoxy) is 2. The Balaban J connectivity index is 1.37. The van der Waals surface area contributed by atoms with E-state index in [0.717, 1.165) is 38.4 Å². The lowest BCUT2D eigenvalue weighted by molar-refractivity contribution is -0.312. The summed E-state index contributed by atoms with van der Waals surface area (Å²) in [5, 5.41) is 10.6. The molecule has 3 nitrogen and oxygen atoms in total. The maximum absolute atomic E-state index is 10.6. The Morgan fingerprint density at radius 1 is 0.885 bits per heavy atom. The number of allylic oxidation sites excluding steroid dienone is 2. The Hall–Kier alpha value is -0.380. The first-order valence-electron chi connectivity index (χ1n) is 11.0. The zero-order valence-corrected chi connectivity index (χ0v) is 16.9. The lowest BCUT2D eigenvalue weighted by Crippen LogP contribution is -2.51. The Kier molecular flexibility index (Phi) is 3.96. The molecule has 5 unspecified atom stereocenters. The second kappa shape index (κ2) is 5.81. The minimum absolute atomic E-state index is 0.0706. The van der Waals surface area contributed by atoms with Gasteiger partial charge in [0.25, 0.3) is 0 Å². The minimum Gasteiger partial charge on any atom is -0.393 e. The minimum atomic E-state index is -0.302. The van der Waals surface area contributed by atoms with Crippen molar-refractivity contribution in [3.05, 3.63) is 11.1 Å². The molecular weight excluding hydrogens is 324 g/mol. The number of hydrogen-bond donors (Lipinski definition) is 1. The summed E-state index contributed by atoms with van der Waals surface area (Å²) in [5.74, 6) is 1.84. The molecule has 5 atom stereocenters. The molecule has 26 heavy (non-hydrogen) atoms. The van der Waals surface area contributed by atoms with Crippen LogP contribution in [0.3, 0.4) is 0 Å². The molecule has 4 aliphatic carbocycles. The van der Waals surface area contributed by atoms with E-state index in [0.29, 0.717) is 11.8 Å². The molecule has 146 valence electrons. The predicted molar refractivity (Wildman–Crippen MR) is 102 cm³/mol. The van der Waals surface area contributed by atoms with Gasteiger partial charge in [0.05, 0.1) is 19.3 Å². The Morgan fingerprint density at radius 3 is 2.38 bits per heavy atom. The summed E-state index contributed by atoms with van der Waals surface area (Å²) in [6, 6.07) is 0. The smallest absolute Gasteiger partial charge is 0.169 e. The van der Waals surface area contributed by atoms with Crippen LogP contribution in [0.5, 0.6) is 0 Å². The molecule has 1 spiro atoms. The van der Waals surface area contributed by atoms with Crippen LogP contribution >= 0.6 is 0 Å². The molecule has 5 rings (SSSR count). The van der Waals surface area contributed by atoms with Crippen LogP contribution in [0.15, 0.2) is 11.1 Å². The lowest BCUT2D eigenvalue weighted by Gasteiger charge is -2.53. The molecular formula is C23H36O3. The van der Waals surface area contributed by atoms with Crippen molar-refractivity contribution in [1.29, 1.82) is 0 Å². The van der Waals surface area contributed by atoms with Crippen LogP contribution in [-0.4, -0.2) is 30.2 Å². The highest BCUT2D eigenvalue weighted by molar-refractivity contribution is 5.30. The van der Waals surface area contributed by atoms with E-state index in [1.54, 1.807) is 11.1 Å². The molecule has 1 saturated heterocycles. The van der Waals surface area contributed by atoms with Gasteiger partial charge in [0.2, 0.25) is 0 Å². The van der Waals surface area contributed by atoms with Crippen LogP contribution in [0.1, 0.15) is 78.6 Å². The van der Waals surface area contributed by atoms with Gasteiger partial charge in [0.15, 0.2) is 5.79 Å². The van der Waals surface area contributed by atoms with E-state index in [1.165, 1.54) is 38.5 Å². The quantitative estimate of drug-likeness (QED) is 0.629. The van der Waals surface area contributed by atoms with Crippen molar-refractivity contribution >= 4 is 0 Å². The molecule has 0 aromatic rings. The first-order chi connectivity index (χ1) is 12.3. The third-order valence-electron chi connectivity index (χ3n) is 8.74. The predicted octanol–water partition coefficient (Wildman–Crippen LogP) is 4.83. The average molecular weight is 361 g/mol. The molecule has 0 aromatic heterocycles. The van der Waals surface area contributed by atoms with Crippen molar-refractivity contribution in [2.45, 2.75) is 90.4 Å². The fourth-order valence-electron chi connectivity index (χ4n) is 7.07. The standard InChI is InChI=1S/C23H36O3/c1-21(2)13-25-23(26-14-21)11-9-16-15(12-23)4-5-18-17(16)8-10-22(3)19(18)6-7-20(22)24/h15,18-20,24H,4-14H2,1-3H3. The Labute approximate surface area is 158 Å². The molecule has 1 aliphatic heterocycles. The number of fused-ring (bicyclic) bond motifs is 4. The molecule has 0 radical (unpaired) electrons. The summed E-state index contributed by atoms with van der Waals surface area (Å²) in [4.78, 5) is 0. The first-order valence-corrected chi connectivity index (χ1v) is 11.0. The van der Waals surface area contributed by atoms with Crippen molar-refractivity contribution in [1.82, 2.24) is 0 Å². The molecule has 1 N–H and O–H groups in total.